The Morgan fingerprint density at radius 2 is 1.84 bits per heavy atom. The average molecular weight is 621 g/mol. The van der Waals surface area contributed by atoms with Crippen LogP contribution in [0.2, 0.25) is 0 Å². The minimum atomic E-state index is -0.711. The van der Waals surface area contributed by atoms with Crippen LogP contribution in [0.15, 0.2) is 22.7 Å². The van der Waals surface area contributed by atoms with E-state index in [0.717, 1.165) is 61.5 Å². The van der Waals surface area contributed by atoms with Crippen molar-refractivity contribution in [2.45, 2.75) is 110 Å². The van der Waals surface area contributed by atoms with E-state index in [4.69, 9.17) is 14.0 Å². The highest BCUT2D eigenvalue weighted by Gasteiger charge is 2.42. The highest BCUT2D eigenvalue weighted by Crippen LogP contribution is 2.32. The molecule has 11 heteroatoms. The van der Waals surface area contributed by atoms with Crippen LogP contribution in [0, 0.1) is 23.2 Å². The lowest BCUT2D eigenvalue weighted by Crippen LogP contribution is -2.55. The largest absolute Gasteiger partial charge is 0.494 e. The van der Waals surface area contributed by atoms with E-state index < -0.39 is 23.8 Å². The van der Waals surface area contributed by atoms with Crippen LogP contribution >= 0.6 is 0 Å². The summed E-state index contributed by atoms with van der Waals surface area (Å²) in [6, 6.07) is 7.66. The molecule has 45 heavy (non-hydrogen) atoms. The Morgan fingerprint density at radius 1 is 1.09 bits per heavy atom. The van der Waals surface area contributed by atoms with Crippen molar-refractivity contribution >= 4 is 18.0 Å². The van der Waals surface area contributed by atoms with Crippen LogP contribution in [0.4, 0.5) is 10.8 Å². The van der Waals surface area contributed by atoms with Gasteiger partial charge in [-0.1, -0.05) is 32.0 Å². The lowest BCUT2D eigenvalue weighted by Gasteiger charge is -2.39. The van der Waals surface area contributed by atoms with Gasteiger partial charge in [-0.25, -0.2) is 4.79 Å². The second-order valence-corrected chi connectivity index (χ2v) is 14.1. The molecule has 4 heterocycles. The molecular formula is C34H48N6O5. The Bertz CT molecular complexity index is 1390. The molecule has 11 nitrogen and oxygen atoms in total. The monoisotopic (exact) mass is 620 g/mol. The third-order valence-electron chi connectivity index (χ3n) is 9.31. The van der Waals surface area contributed by atoms with Crippen molar-refractivity contribution < 1.29 is 23.6 Å². The van der Waals surface area contributed by atoms with Crippen LogP contribution in [-0.2, 0) is 22.5 Å². The van der Waals surface area contributed by atoms with Gasteiger partial charge in [0.1, 0.15) is 23.4 Å². The van der Waals surface area contributed by atoms with Crippen molar-refractivity contribution in [3.63, 3.8) is 0 Å². The first-order chi connectivity index (χ1) is 21.4. The highest BCUT2D eigenvalue weighted by molar-refractivity contribution is 5.87. The molecule has 2 amide bonds. The van der Waals surface area contributed by atoms with Gasteiger partial charge in [0.15, 0.2) is 5.82 Å². The summed E-state index contributed by atoms with van der Waals surface area (Å²) in [4.78, 5) is 36.9. The maximum absolute atomic E-state index is 13.7. The first-order valence-electron chi connectivity index (χ1n) is 16.5. The Hall–Kier alpha value is -3.81. The molecule has 5 rings (SSSR count). The normalized spacial score (nSPS) is 21.4. The molecule has 0 saturated carbocycles. The summed E-state index contributed by atoms with van der Waals surface area (Å²) >= 11 is 0. The fraction of sp³-hybridized carbons (Fsp3) is 0.676. The molecule has 3 aliphatic rings. The molecule has 3 atom stereocenters. The van der Waals surface area contributed by atoms with Crippen LogP contribution in [0.1, 0.15) is 96.5 Å². The zero-order chi connectivity index (χ0) is 32.3. The van der Waals surface area contributed by atoms with Gasteiger partial charge in [-0.05, 0) is 88.0 Å². The van der Waals surface area contributed by atoms with Crippen molar-refractivity contribution in [1.29, 1.82) is 5.26 Å². The molecule has 3 aliphatic heterocycles. The van der Waals surface area contributed by atoms with E-state index in [2.05, 4.69) is 41.9 Å². The molecule has 0 spiro atoms. The maximum atomic E-state index is 13.7. The van der Waals surface area contributed by atoms with E-state index in [1.807, 2.05) is 39.0 Å². The Morgan fingerprint density at radius 3 is 2.51 bits per heavy atom. The fourth-order valence-corrected chi connectivity index (χ4v) is 6.59. The van der Waals surface area contributed by atoms with Crippen molar-refractivity contribution in [2.75, 3.05) is 31.1 Å². The standard InChI is InChI=1S/C34H48N6O5/c1-22(2)30-36-32(45-37-30)38-15-11-24(12-16-38)23(3)13-17-43-28-10-9-25-19-29(31(41)39-14-7-8-27(39)20-35)40(21-26(25)18-28)33(42)44-34(4,5)6/h9-10,18,22-24,27,29H,7-8,11-17,19,21H2,1-6H3. The summed E-state index contributed by atoms with van der Waals surface area (Å²) in [5, 5.41) is 13.7. The van der Waals surface area contributed by atoms with E-state index in [1.54, 1.807) is 4.90 Å². The number of hydrogen-bond donors (Lipinski definition) is 0. The molecule has 0 aliphatic carbocycles. The molecule has 1 aromatic heterocycles. The lowest BCUT2D eigenvalue weighted by molar-refractivity contribution is -0.137. The third-order valence-corrected chi connectivity index (χ3v) is 9.31. The molecule has 3 unspecified atom stereocenters. The number of piperidine rings is 1. The van der Waals surface area contributed by atoms with Gasteiger partial charge in [-0.15, -0.1) is 0 Å². The second-order valence-electron chi connectivity index (χ2n) is 14.1. The summed E-state index contributed by atoms with van der Waals surface area (Å²) in [5.41, 5.74) is 1.26. The SMILES string of the molecule is CC(C)c1noc(N2CCC(C(C)CCOc3ccc4c(c3)CN(C(=O)OC(C)(C)C)C(C(=O)N3CCCC3C#N)C4)CC2)n1. The zero-order valence-electron chi connectivity index (χ0n) is 27.6. The molecule has 1 aromatic carbocycles. The second kappa shape index (κ2) is 13.7. The minimum Gasteiger partial charge on any atom is -0.494 e. The molecular weight excluding hydrogens is 572 g/mol. The lowest BCUT2D eigenvalue weighted by atomic mass is 9.84. The molecule has 0 radical (unpaired) electrons. The van der Waals surface area contributed by atoms with Crippen molar-refractivity contribution in [1.82, 2.24) is 19.9 Å². The molecule has 2 saturated heterocycles. The van der Waals surface area contributed by atoms with Gasteiger partial charge in [0.2, 0.25) is 5.91 Å². The van der Waals surface area contributed by atoms with Gasteiger partial charge in [-0.2, -0.15) is 10.2 Å². The fourth-order valence-electron chi connectivity index (χ4n) is 6.59. The van der Waals surface area contributed by atoms with E-state index in [-0.39, 0.29) is 18.4 Å². The van der Waals surface area contributed by atoms with Crippen molar-refractivity contribution in [2.24, 2.45) is 11.8 Å². The van der Waals surface area contributed by atoms with Crippen LogP contribution in [-0.4, -0.2) is 75.9 Å². The molecule has 2 aromatic rings. The number of carbonyl (C=O) groups is 2. The smallest absolute Gasteiger partial charge is 0.411 e. The number of rotatable bonds is 8. The average Bonchev–Trinajstić information content (AvgIpc) is 3.70. The Labute approximate surface area is 266 Å². The number of amides is 2. The number of benzene rings is 1. The van der Waals surface area contributed by atoms with E-state index >= 15 is 0 Å². The number of ether oxygens (including phenoxy) is 2. The number of aromatic nitrogens is 2. The Balaban J connectivity index is 1.18. The maximum Gasteiger partial charge on any atom is 0.411 e. The zero-order valence-corrected chi connectivity index (χ0v) is 27.6. The van der Waals surface area contributed by atoms with Crippen LogP contribution in [0.5, 0.6) is 5.75 Å². The summed E-state index contributed by atoms with van der Waals surface area (Å²) in [7, 11) is 0. The number of carbonyl (C=O) groups excluding carboxylic acids is 2. The molecule has 0 bridgehead atoms. The number of likely N-dealkylation sites (tertiary alicyclic amines) is 1. The molecule has 2 fully saturated rings. The third kappa shape index (κ3) is 7.71. The Kier molecular flexibility index (Phi) is 9.90. The van der Waals surface area contributed by atoms with E-state index in [0.29, 0.717) is 43.8 Å². The highest BCUT2D eigenvalue weighted by atomic mass is 16.6. The quantitative estimate of drug-likeness (QED) is 0.366. The number of hydrogen-bond acceptors (Lipinski definition) is 9. The van der Waals surface area contributed by atoms with Gasteiger partial charge in [0, 0.05) is 32.0 Å². The van der Waals surface area contributed by atoms with Gasteiger partial charge in [0.25, 0.3) is 0 Å². The van der Waals surface area contributed by atoms with Crippen LogP contribution < -0.4 is 9.64 Å². The van der Waals surface area contributed by atoms with E-state index in [9.17, 15) is 14.9 Å². The van der Waals surface area contributed by atoms with Crippen molar-refractivity contribution in [3.8, 4) is 11.8 Å². The predicted molar refractivity (Wildman–Crippen MR) is 169 cm³/mol. The summed E-state index contributed by atoms with van der Waals surface area (Å²) < 4.78 is 17.4. The summed E-state index contributed by atoms with van der Waals surface area (Å²) in [5.74, 6) is 2.68. The van der Waals surface area contributed by atoms with Gasteiger partial charge >= 0.3 is 12.1 Å². The number of fused-ring (bicyclic) bond motifs is 1. The summed E-state index contributed by atoms with van der Waals surface area (Å²) in [6.45, 7) is 15.1. The van der Waals surface area contributed by atoms with Crippen LogP contribution in [0.3, 0.4) is 0 Å². The van der Waals surface area contributed by atoms with Gasteiger partial charge in [-0.3, -0.25) is 9.69 Å². The van der Waals surface area contributed by atoms with Crippen molar-refractivity contribution in [3.05, 3.63) is 35.2 Å². The number of nitriles is 1. The van der Waals surface area contributed by atoms with E-state index in [1.165, 1.54) is 4.90 Å². The minimum absolute atomic E-state index is 0.187. The molecule has 244 valence electrons. The molecule has 0 N–H and O–H groups in total. The number of nitrogens with zero attached hydrogens (tertiary/aromatic N) is 6. The topological polar surface area (TPSA) is 125 Å². The first kappa shape index (κ1) is 32.6. The summed E-state index contributed by atoms with van der Waals surface area (Å²) in [6.07, 6.45) is 4.40. The van der Waals surface area contributed by atoms with Crippen LogP contribution in [0.25, 0.3) is 0 Å². The van der Waals surface area contributed by atoms with Gasteiger partial charge in [0.05, 0.1) is 19.2 Å². The predicted octanol–water partition coefficient (Wildman–Crippen LogP) is 5.69. The number of anilines is 1. The first-order valence-corrected chi connectivity index (χ1v) is 16.5. The van der Waals surface area contributed by atoms with Gasteiger partial charge < -0.3 is 23.8 Å².